The number of aromatic nitrogens is 2. The van der Waals surface area contributed by atoms with Crippen LogP contribution in [0.4, 0.5) is 5.82 Å². The first-order valence-electron chi connectivity index (χ1n) is 6.32. The van der Waals surface area contributed by atoms with Crippen molar-refractivity contribution in [1.82, 2.24) is 9.97 Å². The van der Waals surface area contributed by atoms with Crippen LogP contribution < -0.4 is 4.90 Å². The molecule has 0 N–H and O–H groups in total. The summed E-state index contributed by atoms with van der Waals surface area (Å²) in [4.78, 5) is 11.7. The van der Waals surface area contributed by atoms with Crippen LogP contribution in [0.2, 0.25) is 5.28 Å². The van der Waals surface area contributed by atoms with Crippen molar-refractivity contribution in [1.29, 1.82) is 0 Å². The first-order valence-corrected chi connectivity index (χ1v) is 7.58. The van der Waals surface area contributed by atoms with Crippen molar-refractivity contribution in [3.05, 3.63) is 16.7 Å². The highest BCUT2D eigenvalue weighted by atomic mass is 35.5. The van der Waals surface area contributed by atoms with Crippen molar-refractivity contribution >= 4 is 39.0 Å². The maximum atomic E-state index is 6.04. The normalized spacial score (nSPS) is 12.8. The Hall–Kier alpha value is -0.950. The molecule has 2 rings (SSSR count). The molecular weight excluding hydrogens is 298 g/mol. The van der Waals surface area contributed by atoms with Crippen molar-refractivity contribution in [3.63, 3.8) is 0 Å². The van der Waals surface area contributed by atoms with Crippen LogP contribution in [0.25, 0.3) is 10.2 Å². The van der Waals surface area contributed by atoms with E-state index in [1.165, 1.54) is 0 Å². The smallest absolute Gasteiger partial charge is 0.225 e. The summed E-state index contributed by atoms with van der Waals surface area (Å²) in [5, 5.41) is 3.27. The standard InChI is InChI=1S/C13H18ClN3O2S/c1-9(8-19-3)17(5-6-18-2)11-10-4-7-20-12(10)16-13(14)15-11/h4,7,9H,5-6,8H2,1-3H3. The van der Waals surface area contributed by atoms with Crippen LogP contribution in [0.1, 0.15) is 6.92 Å². The predicted molar refractivity (Wildman–Crippen MR) is 83.0 cm³/mol. The van der Waals surface area contributed by atoms with Gasteiger partial charge >= 0.3 is 0 Å². The van der Waals surface area contributed by atoms with E-state index < -0.39 is 0 Å². The van der Waals surface area contributed by atoms with Crippen molar-refractivity contribution in [2.45, 2.75) is 13.0 Å². The fourth-order valence-electron chi connectivity index (χ4n) is 2.09. The van der Waals surface area contributed by atoms with Gasteiger partial charge in [-0.1, -0.05) is 0 Å². The van der Waals surface area contributed by atoms with Gasteiger partial charge in [-0.2, -0.15) is 4.98 Å². The van der Waals surface area contributed by atoms with Gasteiger partial charge in [0.1, 0.15) is 10.6 Å². The van der Waals surface area contributed by atoms with Crippen LogP contribution in [0, 0.1) is 0 Å². The van der Waals surface area contributed by atoms with Crippen molar-refractivity contribution in [2.75, 3.05) is 38.9 Å². The molecule has 5 nitrogen and oxygen atoms in total. The molecule has 0 bridgehead atoms. The van der Waals surface area contributed by atoms with Gasteiger partial charge in [-0.15, -0.1) is 11.3 Å². The molecule has 0 fully saturated rings. The number of fused-ring (bicyclic) bond motifs is 1. The quantitative estimate of drug-likeness (QED) is 0.735. The Morgan fingerprint density at radius 1 is 1.35 bits per heavy atom. The molecule has 110 valence electrons. The molecule has 7 heteroatoms. The van der Waals surface area contributed by atoms with E-state index in [2.05, 4.69) is 21.8 Å². The maximum absolute atomic E-state index is 6.04. The second kappa shape index (κ2) is 7.17. The average Bonchev–Trinajstić information content (AvgIpc) is 2.87. The number of anilines is 1. The third-order valence-corrected chi connectivity index (χ3v) is 4.00. The minimum Gasteiger partial charge on any atom is -0.383 e. The summed E-state index contributed by atoms with van der Waals surface area (Å²) in [7, 11) is 3.38. The van der Waals surface area contributed by atoms with Gasteiger partial charge in [0, 0.05) is 20.8 Å². The zero-order valence-electron chi connectivity index (χ0n) is 11.8. The molecule has 0 aliphatic carbocycles. The zero-order valence-corrected chi connectivity index (χ0v) is 13.4. The molecule has 0 radical (unpaired) electrons. The van der Waals surface area contributed by atoms with Crippen LogP contribution in [-0.2, 0) is 9.47 Å². The summed E-state index contributed by atoms with van der Waals surface area (Å²) in [6, 6.07) is 2.19. The summed E-state index contributed by atoms with van der Waals surface area (Å²) in [5.74, 6) is 0.836. The molecular formula is C13H18ClN3O2S. The second-order valence-electron chi connectivity index (χ2n) is 4.45. The summed E-state index contributed by atoms with van der Waals surface area (Å²) >= 11 is 7.59. The summed E-state index contributed by atoms with van der Waals surface area (Å²) in [5.41, 5.74) is 0. The number of hydrogen-bond acceptors (Lipinski definition) is 6. The number of nitrogens with zero attached hydrogens (tertiary/aromatic N) is 3. The Labute approximate surface area is 127 Å². The van der Waals surface area contributed by atoms with E-state index in [1.54, 1.807) is 25.6 Å². The second-order valence-corrected chi connectivity index (χ2v) is 5.68. The molecule has 0 saturated heterocycles. The van der Waals surface area contributed by atoms with Gasteiger partial charge < -0.3 is 14.4 Å². The topological polar surface area (TPSA) is 47.5 Å². The third-order valence-electron chi connectivity index (χ3n) is 3.03. The van der Waals surface area contributed by atoms with Crippen LogP contribution in [0.5, 0.6) is 0 Å². The van der Waals surface area contributed by atoms with Gasteiger partial charge in [0.2, 0.25) is 5.28 Å². The van der Waals surface area contributed by atoms with Crippen molar-refractivity contribution < 1.29 is 9.47 Å². The molecule has 0 spiro atoms. The van der Waals surface area contributed by atoms with Crippen molar-refractivity contribution in [2.24, 2.45) is 0 Å². The SMILES string of the molecule is COCCN(c1nc(Cl)nc2sccc12)C(C)COC. The summed E-state index contributed by atoms with van der Waals surface area (Å²) in [6.45, 7) is 4.03. The predicted octanol–water partition coefficient (Wildman–Crippen LogP) is 2.83. The van der Waals surface area contributed by atoms with Crippen LogP contribution in [-0.4, -0.2) is 50.0 Å². The van der Waals surface area contributed by atoms with E-state index in [4.69, 9.17) is 21.1 Å². The fraction of sp³-hybridized carbons (Fsp3) is 0.538. The number of rotatable bonds is 7. The zero-order chi connectivity index (χ0) is 14.5. The highest BCUT2D eigenvalue weighted by molar-refractivity contribution is 7.16. The monoisotopic (exact) mass is 315 g/mol. The van der Waals surface area contributed by atoms with E-state index in [0.29, 0.717) is 13.2 Å². The van der Waals surface area contributed by atoms with Crippen LogP contribution in [0.3, 0.4) is 0 Å². The molecule has 2 aromatic heterocycles. The highest BCUT2D eigenvalue weighted by Crippen LogP contribution is 2.30. The molecule has 1 atom stereocenters. The average molecular weight is 316 g/mol. The Kier molecular flexibility index (Phi) is 5.54. The van der Waals surface area contributed by atoms with E-state index in [1.807, 2.05) is 11.4 Å². The maximum Gasteiger partial charge on any atom is 0.225 e. The molecule has 1 unspecified atom stereocenters. The molecule has 0 amide bonds. The first-order chi connectivity index (χ1) is 9.67. The first kappa shape index (κ1) is 15.4. The van der Waals surface area contributed by atoms with Gasteiger partial charge in [0.25, 0.3) is 0 Å². The van der Waals surface area contributed by atoms with Gasteiger partial charge in [-0.05, 0) is 30.0 Å². The number of methoxy groups -OCH3 is 2. The fourth-order valence-corrected chi connectivity index (χ4v) is 3.06. The van der Waals surface area contributed by atoms with Gasteiger partial charge in [-0.3, -0.25) is 0 Å². The largest absolute Gasteiger partial charge is 0.383 e. The van der Waals surface area contributed by atoms with E-state index in [9.17, 15) is 0 Å². The Morgan fingerprint density at radius 3 is 2.85 bits per heavy atom. The lowest BCUT2D eigenvalue weighted by Gasteiger charge is -2.30. The molecule has 2 heterocycles. The Morgan fingerprint density at radius 2 is 2.15 bits per heavy atom. The lowest BCUT2D eigenvalue weighted by atomic mass is 10.2. The van der Waals surface area contributed by atoms with Crippen molar-refractivity contribution in [3.8, 4) is 0 Å². The number of thiophene rings is 1. The third kappa shape index (κ3) is 3.38. The molecule has 0 aliphatic heterocycles. The van der Waals surface area contributed by atoms with Gasteiger partial charge in [-0.25, -0.2) is 4.98 Å². The molecule has 0 aliphatic rings. The number of halogens is 1. The summed E-state index contributed by atoms with van der Waals surface area (Å²) in [6.07, 6.45) is 0. The molecule has 0 saturated carbocycles. The Balaban J connectivity index is 2.40. The van der Waals surface area contributed by atoms with E-state index in [-0.39, 0.29) is 11.3 Å². The van der Waals surface area contributed by atoms with Gasteiger partial charge in [0.15, 0.2) is 0 Å². The van der Waals surface area contributed by atoms with E-state index >= 15 is 0 Å². The highest BCUT2D eigenvalue weighted by Gasteiger charge is 2.20. The van der Waals surface area contributed by atoms with Crippen LogP contribution >= 0.6 is 22.9 Å². The number of hydrogen-bond donors (Lipinski definition) is 0. The number of ether oxygens (including phenoxy) is 2. The summed E-state index contributed by atoms with van der Waals surface area (Å²) < 4.78 is 10.4. The van der Waals surface area contributed by atoms with Gasteiger partial charge in [0.05, 0.1) is 24.6 Å². The molecule has 0 aromatic carbocycles. The molecule has 2 aromatic rings. The van der Waals surface area contributed by atoms with E-state index in [0.717, 1.165) is 22.6 Å². The lowest BCUT2D eigenvalue weighted by Crippen LogP contribution is -2.39. The minimum absolute atomic E-state index is 0.171. The lowest BCUT2D eigenvalue weighted by molar-refractivity contribution is 0.170. The Bertz CT molecular complexity index is 564. The van der Waals surface area contributed by atoms with Crippen LogP contribution in [0.15, 0.2) is 11.4 Å². The minimum atomic E-state index is 0.171. The molecule has 20 heavy (non-hydrogen) atoms.